The lowest BCUT2D eigenvalue weighted by Gasteiger charge is -2.35. The summed E-state index contributed by atoms with van der Waals surface area (Å²) in [7, 11) is 2.08. The molecule has 0 aromatic heterocycles. The molecule has 1 unspecified atom stereocenters. The number of ether oxygens (including phenoxy) is 1. The first-order chi connectivity index (χ1) is 9.16. The average molecular weight is 260 g/mol. The van der Waals surface area contributed by atoms with E-state index in [1.165, 1.54) is 5.56 Å². The maximum Gasteiger partial charge on any atom is 0.411 e. The number of amides is 1. The summed E-state index contributed by atoms with van der Waals surface area (Å²) in [5.74, 6) is 0. The lowest BCUT2D eigenvalue weighted by Crippen LogP contribution is -2.48. The summed E-state index contributed by atoms with van der Waals surface area (Å²) in [5, 5.41) is 0. The first-order valence-corrected chi connectivity index (χ1v) is 6.89. The third-order valence-corrected chi connectivity index (χ3v) is 4.25. The van der Waals surface area contributed by atoms with E-state index in [-0.39, 0.29) is 24.3 Å². The molecule has 2 aliphatic rings. The summed E-state index contributed by atoms with van der Waals surface area (Å²) in [6, 6.07) is 10.5. The molecule has 0 spiro atoms. The second kappa shape index (κ2) is 4.85. The van der Waals surface area contributed by atoms with Crippen LogP contribution >= 0.6 is 0 Å². The number of carbonyl (C=O) groups excluding carboxylic acids is 1. The highest BCUT2D eigenvalue weighted by molar-refractivity contribution is 5.71. The Morgan fingerprint density at radius 1 is 1.32 bits per heavy atom. The second-order valence-corrected chi connectivity index (χ2v) is 5.53. The minimum atomic E-state index is -0.165. The first kappa shape index (κ1) is 12.5. The van der Waals surface area contributed by atoms with Crippen molar-refractivity contribution in [3.8, 4) is 0 Å². The standard InChI is InChI=1S/C15H20N2O2/c1-11(12-6-4-3-5-7-12)17-13-8-9-16(2)10-14(13)19-15(17)18/h3-7,11,13-14H,8-10H2,1-2H3/t11?,13-,14-/m0/s1. The summed E-state index contributed by atoms with van der Waals surface area (Å²) >= 11 is 0. The molecule has 0 aliphatic carbocycles. The Labute approximate surface area is 113 Å². The van der Waals surface area contributed by atoms with E-state index in [1.807, 2.05) is 23.1 Å². The van der Waals surface area contributed by atoms with Gasteiger partial charge in [0.15, 0.2) is 0 Å². The van der Waals surface area contributed by atoms with Crippen LogP contribution in [0.5, 0.6) is 0 Å². The molecule has 0 radical (unpaired) electrons. The molecule has 0 saturated carbocycles. The summed E-state index contributed by atoms with van der Waals surface area (Å²) in [4.78, 5) is 16.3. The van der Waals surface area contributed by atoms with E-state index >= 15 is 0 Å². The van der Waals surface area contributed by atoms with E-state index in [0.717, 1.165) is 19.5 Å². The molecule has 19 heavy (non-hydrogen) atoms. The number of hydrogen-bond donors (Lipinski definition) is 0. The maximum atomic E-state index is 12.1. The highest BCUT2D eigenvalue weighted by Crippen LogP contribution is 2.33. The first-order valence-electron chi connectivity index (χ1n) is 6.89. The predicted octanol–water partition coefficient (Wildman–Crippen LogP) is 2.27. The van der Waals surface area contributed by atoms with Crippen molar-refractivity contribution in [3.05, 3.63) is 35.9 Å². The molecule has 3 rings (SSSR count). The monoisotopic (exact) mass is 260 g/mol. The van der Waals surface area contributed by atoms with Crippen LogP contribution in [0.4, 0.5) is 4.79 Å². The Hall–Kier alpha value is -1.55. The Morgan fingerprint density at radius 2 is 2.05 bits per heavy atom. The minimum Gasteiger partial charge on any atom is -0.443 e. The predicted molar refractivity (Wildman–Crippen MR) is 72.9 cm³/mol. The molecule has 0 bridgehead atoms. The average Bonchev–Trinajstić information content (AvgIpc) is 2.74. The normalized spacial score (nSPS) is 28.9. The van der Waals surface area contributed by atoms with Gasteiger partial charge in [0.1, 0.15) is 6.10 Å². The molecule has 2 aliphatic heterocycles. The molecule has 2 fully saturated rings. The quantitative estimate of drug-likeness (QED) is 0.818. The number of likely N-dealkylation sites (N-methyl/N-ethyl adjacent to an activating group) is 1. The van der Waals surface area contributed by atoms with Crippen LogP contribution in [0.3, 0.4) is 0 Å². The van der Waals surface area contributed by atoms with Crippen molar-refractivity contribution in [2.75, 3.05) is 20.1 Å². The second-order valence-electron chi connectivity index (χ2n) is 5.53. The summed E-state index contributed by atoms with van der Waals surface area (Å²) in [6.45, 7) is 3.95. The molecule has 102 valence electrons. The Morgan fingerprint density at radius 3 is 2.79 bits per heavy atom. The molecule has 4 heteroatoms. The van der Waals surface area contributed by atoms with E-state index in [9.17, 15) is 4.79 Å². The Kier molecular flexibility index (Phi) is 3.19. The molecule has 2 saturated heterocycles. The summed E-state index contributed by atoms with van der Waals surface area (Å²) in [5.41, 5.74) is 1.17. The number of fused-ring (bicyclic) bond motifs is 1. The fourth-order valence-electron chi connectivity index (χ4n) is 3.16. The highest BCUT2D eigenvalue weighted by atomic mass is 16.6. The van der Waals surface area contributed by atoms with Gasteiger partial charge in [0.2, 0.25) is 0 Å². The molecule has 1 aromatic rings. The van der Waals surface area contributed by atoms with Gasteiger partial charge in [-0.25, -0.2) is 4.79 Å². The molecule has 0 N–H and O–H groups in total. The zero-order valence-corrected chi connectivity index (χ0v) is 11.5. The van der Waals surface area contributed by atoms with Crippen molar-refractivity contribution >= 4 is 6.09 Å². The van der Waals surface area contributed by atoms with Gasteiger partial charge in [-0.05, 0) is 26.0 Å². The Bertz CT molecular complexity index is 462. The number of likely N-dealkylation sites (tertiary alicyclic amines) is 1. The van der Waals surface area contributed by atoms with E-state index in [1.54, 1.807) is 0 Å². The van der Waals surface area contributed by atoms with E-state index in [4.69, 9.17) is 4.74 Å². The molecule has 3 atom stereocenters. The smallest absolute Gasteiger partial charge is 0.411 e. The van der Waals surface area contributed by atoms with Crippen molar-refractivity contribution in [1.29, 1.82) is 0 Å². The molecule has 1 amide bonds. The summed E-state index contributed by atoms with van der Waals surface area (Å²) < 4.78 is 5.54. The molecule has 4 nitrogen and oxygen atoms in total. The van der Waals surface area contributed by atoms with Gasteiger partial charge in [0, 0.05) is 13.1 Å². The van der Waals surface area contributed by atoms with E-state index < -0.39 is 0 Å². The van der Waals surface area contributed by atoms with Crippen LogP contribution in [0.15, 0.2) is 30.3 Å². The van der Waals surface area contributed by atoms with Gasteiger partial charge >= 0.3 is 6.09 Å². The van der Waals surface area contributed by atoms with Gasteiger partial charge in [-0.2, -0.15) is 0 Å². The number of nitrogens with zero attached hydrogens (tertiary/aromatic N) is 2. The Balaban J connectivity index is 1.82. The largest absolute Gasteiger partial charge is 0.443 e. The molecule has 2 heterocycles. The third-order valence-electron chi connectivity index (χ3n) is 4.25. The van der Waals surface area contributed by atoms with Crippen LogP contribution in [-0.2, 0) is 4.74 Å². The van der Waals surface area contributed by atoms with Gasteiger partial charge in [-0.15, -0.1) is 0 Å². The lowest BCUT2D eigenvalue weighted by atomic mass is 9.98. The van der Waals surface area contributed by atoms with Crippen LogP contribution in [0.25, 0.3) is 0 Å². The zero-order chi connectivity index (χ0) is 13.4. The van der Waals surface area contributed by atoms with Crippen LogP contribution in [0.1, 0.15) is 24.9 Å². The third kappa shape index (κ3) is 2.21. The van der Waals surface area contributed by atoms with Gasteiger partial charge < -0.3 is 9.64 Å². The van der Waals surface area contributed by atoms with Gasteiger partial charge in [0.05, 0.1) is 12.1 Å². The molecule has 1 aromatic carbocycles. The number of carbonyl (C=O) groups is 1. The van der Waals surface area contributed by atoms with Crippen molar-refractivity contribution in [3.63, 3.8) is 0 Å². The molecular formula is C15H20N2O2. The number of hydrogen-bond acceptors (Lipinski definition) is 3. The number of benzene rings is 1. The van der Waals surface area contributed by atoms with Gasteiger partial charge in [-0.1, -0.05) is 30.3 Å². The highest BCUT2D eigenvalue weighted by Gasteiger charge is 2.46. The van der Waals surface area contributed by atoms with Crippen LogP contribution < -0.4 is 0 Å². The SMILES string of the molecule is CC(c1ccccc1)N1C(=O)O[C@H]2CN(C)CC[C@@H]21. The fraction of sp³-hybridized carbons (Fsp3) is 0.533. The molecular weight excluding hydrogens is 240 g/mol. The maximum absolute atomic E-state index is 12.1. The van der Waals surface area contributed by atoms with Crippen molar-refractivity contribution in [1.82, 2.24) is 9.80 Å². The zero-order valence-electron chi connectivity index (χ0n) is 11.5. The number of rotatable bonds is 2. The van der Waals surface area contributed by atoms with E-state index in [2.05, 4.69) is 31.0 Å². The van der Waals surface area contributed by atoms with Crippen LogP contribution in [0.2, 0.25) is 0 Å². The van der Waals surface area contributed by atoms with Crippen LogP contribution in [-0.4, -0.2) is 48.2 Å². The lowest BCUT2D eigenvalue weighted by molar-refractivity contribution is 0.0766. The fourth-order valence-corrected chi connectivity index (χ4v) is 3.16. The van der Waals surface area contributed by atoms with Crippen LogP contribution in [0, 0.1) is 0 Å². The topological polar surface area (TPSA) is 32.8 Å². The minimum absolute atomic E-state index is 0.0254. The number of piperidine rings is 1. The van der Waals surface area contributed by atoms with Gasteiger partial charge in [-0.3, -0.25) is 4.90 Å². The van der Waals surface area contributed by atoms with Gasteiger partial charge in [0.25, 0.3) is 0 Å². The van der Waals surface area contributed by atoms with E-state index in [0.29, 0.717) is 0 Å². The summed E-state index contributed by atoms with van der Waals surface area (Å²) in [6.07, 6.45) is 0.850. The van der Waals surface area contributed by atoms with Crippen molar-refractivity contribution < 1.29 is 9.53 Å². The van der Waals surface area contributed by atoms with Crippen molar-refractivity contribution in [2.45, 2.75) is 31.5 Å². The van der Waals surface area contributed by atoms with Crippen molar-refractivity contribution in [2.24, 2.45) is 0 Å².